The van der Waals surface area contributed by atoms with Crippen molar-refractivity contribution >= 4 is 5.91 Å². The molecule has 3 nitrogen and oxygen atoms in total. The predicted molar refractivity (Wildman–Crippen MR) is 37.5 cm³/mol. The molecule has 0 aromatic carbocycles. The number of carbonyl (C=O) groups excluding carboxylic acids is 1. The van der Waals surface area contributed by atoms with Gasteiger partial charge in [0.05, 0.1) is 0 Å². The van der Waals surface area contributed by atoms with E-state index in [1.807, 2.05) is 0 Å². The number of nitrogens with one attached hydrogen (secondary N) is 1. The Morgan fingerprint density at radius 2 is 2.30 bits per heavy atom. The second-order valence-corrected chi connectivity index (χ2v) is 2.81. The lowest BCUT2D eigenvalue weighted by atomic mass is 9.93. The minimum Gasteiger partial charge on any atom is -0.384 e. The molecule has 1 rings (SSSR count). The zero-order chi connectivity index (χ0) is 7.56. The third-order valence-electron chi connectivity index (χ3n) is 1.83. The molecule has 0 radical (unpaired) electrons. The van der Waals surface area contributed by atoms with Crippen LogP contribution in [0.5, 0.6) is 0 Å². The summed E-state index contributed by atoms with van der Waals surface area (Å²) in [6.45, 7) is 1.48. The quantitative estimate of drug-likeness (QED) is 0.573. The van der Waals surface area contributed by atoms with Gasteiger partial charge in [0.25, 0.3) is 0 Å². The maximum atomic E-state index is 10.8. The Labute approximate surface area is 60.4 Å². The molecule has 58 valence electrons. The Bertz CT molecular complexity index is 130. The summed E-state index contributed by atoms with van der Waals surface area (Å²) in [6.07, 6.45) is 2.47. The molecule has 1 aliphatic carbocycles. The summed E-state index contributed by atoms with van der Waals surface area (Å²) >= 11 is 0. The molecule has 2 N–H and O–H groups in total. The highest BCUT2D eigenvalue weighted by atomic mass is 16.3. The van der Waals surface area contributed by atoms with Crippen molar-refractivity contribution in [3.63, 3.8) is 0 Å². The Kier molecular flexibility index (Phi) is 2.27. The molecule has 0 aromatic heterocycles. The summed E-state index contributed by atoms with van der Waals surface area (Å²) in [5, 5.41) is 11.5. The zero-order valence-electron chi connectivity index (χ0n) is 6.13. The zero-order valence-corrected chi connectivity index (χ0v) is 6.13. The fraction of sp³-hybridized carbons (Fsp3) is 0.857. The van der Waals surface area contributed by atoms with E-state index in [0.29, 0.717) is 6.04 Å². The maximum absolute atomic E-state index is 10.8. The smallest absolute Gasteiger partial charge is 0.248 e. The SMILES string of the molecule is C[C@H](O)C(=O)NC1CCC1. The van der Waals surface area contributed by atoms with Crippen molar-refractivity contribution in [2.24, 2.45) is 0 Å². The van der Waals surface area contributed by atoms with Crippen molar-refractivity contribution in [1.82, 2.24) is 5.32 Å². The first-order valence-electron chi connectivity index (χ1n) is 3.68. The van der Waals surface area contributed by atoms with Gasteiger partial charge >= 0.3 is 0 Å². The summed E-state index contributed by atoms with van der Waals surface area (Å²) in [7, 11) is 0. The van der Waals surface area contributed by atoms with Crippen LogP contribution in [-0.4, -0.2) is 23.2 Å². The molecule has 10 heavy (non-hydrogen) atoms. The van der Waals surface area contributed by atoms with Crippen LogP contribution in [0.3, 0.4) is 0 Å². The summed E-state index contributed by atoms with van der Waals surface area (Å²) in [5.74, 6) is -0.246. The molecular weight excluding hydrogens is 130 g/mol. The first-order chi connectivity index (χ1) is 4.70. The monoisotopic (exact) mass is 143 g/mol. The molecule has 1 aliphatic rings. The predicted octanol–water partition coefficient (Wildman–Crippen LogP) is 0.0359. The van der Waals surface area contributed by atoms with E-state index in [2.05, 4.69) is 5.32 Å². The molecule has 0 unspecified atom stereocenters. The highest BCUT2D eigenvalue weighted by molar-refractivity contribution is 5.80. The lowest BCUT2D eigenvalue weighted by molar-refractivity contribution is -0.129. The first-order valence-corrected chi connectivity index (χ1v) is 3.68. The van der Waals surface area contributed by atoms with Gasteiger partial charge in [-0.1, -0.05) is 0 Å². The maximum Gasteiger partial charge on any atom is 0.248 e. The lowest BCUT2D eigenvalue weighted by Crippen LogP contribution is -2.43. The third kappa shape index (κ3) is 1.70. The van der Waals surface area contributed by atoms with E-state index in [1.165, 1.54) is 13.3 Å². The van der Waals surface area contributed by atoms with E-state index in [-0.39, 0.29) is 5.91 Å². The van der Waals surface area contributed by atoms with Crippen LogP contribution in [0.15, 0.2) is 0 Å². The second-order valence-electron chi connectivity index (χ2n) is 2.81. The van der Waals surface area contributed by atoms with Crippen LogP contribution in [0.2, 0.25) is 0 Å². The second kappa shape index (κ2) is 3.01. The average Bonchev–Trinajstić information content (AvgIpc) is 1.77. The van der Waals surface area contributed by atoms with Gasteiger partial charge in [0.1, 0.15) is 6.10 Å². The standard InChI is InChI=1S/C7H13NO2/c1-5(9)7(10)8-6-3-2-4-6/h5-6,9H,2-4H2,1H3,(H,8,10)/t5-/m0/s1. The van der Waals surface area contributed by atoms with Gasteiger partial charge in [-0.15, -0.1) is 0 Å². The highest BCUT2D eigenvalue weighted by Gasteiger charge is 2.20. The summed E-state index contributed by atoms with van der Waals surface area (Å²) < 4.78 is 0. The normalized spacial score (nSPS) is 21.4. The van der Waals surface area contributed by atoms with Gasteiger partial charge in [0.2, 0.25) is 5.91 Å². The number of aliphatic hydroxyl groups is 1. The fourth-order valence-corrected chi connectivity index (χ4v) is 0.874. The van der Waals surface area contributed by atoms with Crippen molar-refractivity contribution in [3.8, 4) is 0 Å². The molecule has 0 aromatic rings. The van der Waals surface area contributed by atoms with E-state index >= 15 is 0 Å². The molecule has 0 saturated heterocycles. The number of hydrogen-bond donors (Lipinski definition) is 2. The molecule has 0 heterocycles. The topological polar surface area (TPSA) is 49.3 Å². The number of amides is 1. The van der Waals surface area contributed by atoms with Crippen molar-refractivity contribution in [1.29, 1.82) is 0 Å². The largest absolute Gasteiger partial charge is 0.384 e. The Morgan fingerprint density at radius 1 is 1.70 bits per heavy atom. The molecule has 0 bridgehead atoms. The lowest BCUT2D eigenvalue weighted by Gasteiger charge is -2.26. The van der Waals surface area contributed by atoms with Gasteiger partial charge in [-0.25, -0.2) is 0 Å². The molecule has 1 saturated carbocycles. The van der Waals surface area contributed by atoms with Crippen molar-refractivity contribution in [3.05, 3.63) is 0 Å². The van der Waals surface area contributed by atoms with E-state index in [4.69, 9.17) is 5.11 Å². The number of rotatable bonds is 2. The van der Waals surface area contributed by atoms with Crippen LogP contribution in [0.4, 0.5) is 0 Å². The minimum atomic E-state index is -0.861. The van der Waals surface area contributed by atoms with Crippen molar-refractivity contribution in [2.75, 3.05) is 0 Å². The van der Waals surface area contributed by atoms with Crippen LogP contribution >= 0.6 is 0 Å². The number of hydrogen-bond acceptors (Lipinski definition) is 2. The molecule has 3 heteroatoms. The number of carbonyl (C=O) groups is 1. The van der Waals surface area contributed by atoms with E-state index in [0.717, 1.165) is 12.8 Å². The van der Waals surface area contributed by atoms with Crippen LogP contribution in [0, 0.1) is 0 Å². The summed E-state index contributed by atoms with van der Waals surface area (Å²) in [4.78, 5) is 10.8. The van der Waals surface area contributed by atoms with Gasteiger partial charge in [-0.05, 0) is 26.2 Å². The average molecular weight is 143 g/mol. The van der Waals surface area contributed by atoms with Gasteiger partial charge in [-0.2, -0.15) is 0 Å². The van der Waals surface area contributed by atoms with Crippen LogP contribution in [0.1, 0.15) is 26.2 Å². The molecule has 1 atom stereocenters. The van der Waals surface area contributed by atoms with Crippen LogP contribution in [0.25, 0.3) is 0 Å². The van der Waals surface area contributed by atoms with Crippen LogP contribution in [-0.2, 0) is 4.79 Å². The molecule has 1 fully saturated rings. The number of aliphatic hydroxyl groups excluding tert-OH is 1. The van der Waals surface area contributed by atoms with Gasteiger partial charge < -0.3 is 10.4 Å². The first kappa shape index (κ1) is 7.54. The Balaban J connectivity index is 2.17. The Hall–Kier alpha value is -0.570. The van der Waals surface area contributed by atoms with Gasteiger partial charge in [0, 0.05) is 6.04 Å². The molecule has 0 aliphatic heterocycles. The van der Waals surface area contributed by atoms with E-state index in [9.17, 15) is 4.79 Å². The van der Waals surface area contributed by atoms with E-state index in [1.54, 1.807) is 0 Å². The molecular formula is C7H13NO2. The van der Waals surface area contributed by atoms with Crippen molar-refractivity contribution in [2.45, 2.75) is 38.3 Å². The fourth-order valence-electron chi connectivity index (χ4n) is 0.874. The minimum absolute atomic E-state index is 0.246. The van der Waals surface area contributed by atoms with Gasteiger partial charge in [0.15, 0.2) is 0 Å². The summed E-state index contributed by atoms with van der Waals surface area (Å²) in [5.41, 5.74) is 0. The van der Waals surface area contributed by atoms with Crippen LogP contribution < -0.4 is 5.32 Å². The van der Waals surface area contributed by atoms with Crippen molar-refractivity contribution < 1.29 is 9.90 Å². The third-order valence-corrected chi connectivity index (χ3v) is 1.83. The highest BCUT2D eigenvalue weighted by Crippen LogP contribution is 2.17. The van der Waals surface area contributed by atoms with E-state index < -0.39 is 6.10 Å². The molecule has 1 amide bonds. The summed E-state index contributed by atoms with van der Waals surface area (Å²) in [6, 6.07) is 0.335. The van der Waals surface area contributed by atoms with Gasteiger partial charge in [-0.3, -0.25) is 4.79 Å². The molecule has 0 spiro atoms. The Morgan fingerprint density at radius 3 is 2.60 bits per heavy atom.